The van der Waals surface area contributed by atoms with Gasteiger partial charge in [0.15, 0.2) is 5.69 Å². The zero-order valence-electron chi connectivity index (χ0n) is 17.5. The van der Waals surface area contributed by atoms with E-state index in [0.29, 0.717) is 27.5 Å². The maximum atomic E-state index is 13.3. The van der Waals surface area contributed by atoms with Crippen molar-refractivity contribution >= 4 is 45.7 Å². The highest BCUT2D eigenvalue weighted by atomic mass is 35.5. The third kappa shape index (κ3) is 4.49. The van der Waals surface area contributed by atoms with Crippen molar-refractivity contribution < 1.29 is 14.0 Å². The van der Waals surface area contributed by atoms with Crippen LogP contribution in [0.15, 0.2) is 78.2 Å². The van der Waals surface area contributed by atoms with E-state index < -0.39 is 16.5 Å². The zero-order valence-corrected chi connectivity index (χ0v) is 19.0. The van der Waals surface area contributed by atoms with Crippen LogP contribution in [0.1, 0.15) is 15.9 Å². The number of amides is 3. The van der Waals surface area contributed by atoms with Crippen molar-refractivity contribution in [3.63, 3.8) is 0 Å². The van der Waals surface area contributed by atoms with Gasteiger partial charge in [-0.3, -0.25) is 4.79 Å². The van der Waals surface area contributed by atoms with Crippen LogP contribution in [0.25, 0.3) is 11.3 Å². The van der Waals surface area contributed by atoms with Gasteiger partial charge in [0.25, 0.3) is 5.91 Å². The van der Waals surface area contributed by atoms with Crippen LogP contribution < -0.4 is 15.8 Å². The van der Waals surface area contributed by atoms with Crippen molar-refractivity contribution in [1.29, 1.82) is 0 Å². The number of thiazole rings is 1. The van der Waals surface area contributed by atoms with E-state index in [-0.39, 0.29) is 10.9 Å². The summed E-state index contributed by atoms with van der Waals surface area (Å²) in [5, 5.41) is 2.38. The number of benzene rings is 3. The molecule has 3 aromatic carbocycles. The molecular weight excluding hydrogens is 463 g/mol. The molecule has 9 heteroatoms. The van der Waals surface area contributed by atoms with Gasteiger partial charge in [0.05, 0.1) is 5.69 Å². The van der Waals surface area contributed by atoms with Gasteiger partial charge >= 0.3 is 11.2 Å². The van der Waals surface area contributed by atoms with Crippen molar-refractivity contribution in [2.24, 2.45) is 5.73 Å². The fraction of sp³-hybridized carbons (Fsp3) is 0.0417. The Kier molecular flexibility index (Phi) is 6.24. The first-order chi connectivity index (χ1) is 15.8. The second kappa shape index (κ2) is 9.11. The van der Waals surface area contributed by atoms with Crippen molar-refractivity contribution in [2.45, 2.75) is 6.92 Å². The number of hydrogen-bond donors (Lipinski definition) is 2. The van der Waals surface area contributed by atoms with Crippen LogP contribution in [0, 0.1) is 12.7 Å². The highest BCUT2D eigenvalue weighted by Gasteiger charge is 2.46. The number of carbonyl (C=O) groups excluding carboxylic acids is 2. The monoisotopic (exact) mass is 481 g/mol. The van der Waals surface area contributed by atoms with Crippen LogP contribution in [0.2, 0.25) is 5.02 Å². The van der Waals surface area contributed by atoms with Crippen LogP contribution >= 0.6 is 22.9 Å². The van der Waals surface area contributed by atoms with Gasteiger partial charge in [-0.15, -0.1) is 0 Å². The first-order valence-corrected chi connectivity index (χ1v) is 11.1. The quantitative estimate of drug-likeness (QED) is 0.278. The topological polar surface area (TPSA) is 85.1 Å². The minimum Gasteiger partial charge on any atom is -0.316 e. The molecule has 1 aromatic heterocycles. The van der Waals surface area contributed by atoms with Crippen molar-refractivity contribution in [3.8, 4) is 11.3 Å². The summed E-state index contributed by atoms with van der Waals surface area (Å²) in [6.07, 6.45) is 0. The van der Waals surface area contributed by atoms with Crippen molar-refractivity contribution in [2.75, 3.05) is 0 Å². The molecule has 0 aliphatic heterocycles. The second-order valence-electron chi connectivity index (χ2n) is 7.31. The van der Waals surface area contributed by atoms with Gasteiger partial charge in [-0.25, -0.2) is 9.18 Å². The molecule has 0 saturated heterocycles. The van der Waals surface area contributed by atoms with E-state index in [9.17, 15) is 14.0 Å². The van der Waals surface area contributed by atoms with Gasteiger partial charge in [0, 0.05) is 33.7 Å². The molecule has 0 aliphatic rings. The highest BCUT2D eigenvalue weighted by Crippen LogP contribution is 2.38. The van der Waals surface area contributed by atoms with Gasteiger partial charge in [-0.2, -0.15) is 10.4 Å². The molecule has 0 radical (unpaired) electrons. The molecule has 0 aliphatic carbocycles. The fourth-order valence-electron chi connectivity index (χ4n) is 3.26. The maximum absolute atomic E-state index is 13.3. The Morgan fingerprint density at radius 3 is 2.24 bits per heavy atom. The summed E-state index contributed by atoms with van der Waals surface area (Å²) in [7, 11) is 0. The molecule has 6 nitrogen and oxygen atoms in total. The lowest BCUT2D eigenvalue weighted by Gasteiger charge is -2.29. The number of quaternary nitrogens is 1. The lowest BCUT2D eigenvalue weighted by atomic mass is 10.1. The SMILES string of the molecule is Cc1ccc(C(=O)N[N+](C(N)=O)(c2ccc(Cl)cc2)c2nc(-c3ccc(F)cc3)cs2)cc1. The third-order valence-electron chi connectivity index (χ3n) is 5.05. The minimum absolute atomic E-state index is 0.213. The van der Waals surface area contributed by atoms with Gasteiger partial charge in [0.2, 0.25) is 0 Å². The first kappa shape index (κ1) is 22.6. The van der Waals surface area contributed by atoms with E-state index in [1.807, 2.05) is 6.92 Å². The Balaban J connectivity index is 1.84. The van der Waals surface area contributed by atoms with Gasteiger partial charge in [-0.1, -0.05) is 40.6 Å². The Bertz CT molecular complexity index is 1310. The highest BCUT2D eigenvalue weighted by molar-refractivity contribution is 7.14. The van der Waals surface area contributed by atoms with Gasteiger partial charge < -0.3 is 5.73 Å². The van der Waals surface area contributed by atoms with Crippen LogP contribution in [-0.4, -0.2) is 16.9 Å². The number of carbonyl (C=O) groups is 2. The number of halogens is 2. The predicted molar refractivity (Wildman–Crippen MR) is 129 cm³/mol. The summed E-state index contributed by atoms with van der Waals surface area (Å²) >= 11 is 7.19. The van der Waals surface area contributed by atoms with Gasteiger partial charge in [0.1, 0.15) is 5.82 Å². The summed E-state index contributed by atoms with van der Waals surface area (Å²) in [6, 6.07) is 18.3. The second-order valence-corrected chi connectivity index (χ2v) is 8.59. The predicted octanol–water partition coefficient (Wildman–Crippen LogP) is 5.97. The average molecular weight is 482 g/mol. The number of primary amides is 1. The molecule has 33 heavy (non-hydrogen) atoms. The lowest BCUT2D eigenvalue weighted by Crippen LogP contribution is -2.63. The van der Waals surface area contributed by atoms with Crippen LogP contribution in [-0.2, 0) is 0 Å². The minimum atomic E-state index is -0.863. The molecule has 1 atom stereocenters. The summed E-state index contributed by atoms with van der Waals surface area (Å²) in [5.41, 5.74) is 11.5. The van der Waals surface area contributed by atoms with E-state index in [1.54, 1.807) is 66.0 Å². The number of aromatic nitrogens is 1. The number of rotatable bonds is 4. The van der Waals surface area contributed by atoms with E-state index in [2.05, 4.69) is 10.4 Å². The smallest absolute Gasteiger partial charge is 0.316 e. The fourth-order valence-corrected chi connectivity index (χ4v) is 4.34. The molecule has 0 spiro atoms. The van der Waals surface area contributed by atoms with Crippen LogP contribution in [0.3, 0.4) is 0 Å². The molecule has 1 unspecified atom stereocenters. The molecule has 0 saturated carbocycles. The molecule has 4 aromatic rings. The Hall–Kier alpha value is -3.59. The summed E-state index contributed by atoms with van der Waals surface area (Å²) in [5.74, 6) is -0.884. The molecular formula is C24H19ClFN4O2S+. The largest absolute Gasteiger partial charge is 0.451 e. The molecule has 0 bridgehead atoms. The Morgan fingerprint density at radius 1 is 1.00 bits per heavy atom. The van der Waals surface area contributed by atoms with Crippen molar-refractivity contribution in [1.82, 2.24) is 15.0 Å². The molecule has 3 amide bonds. The van der Waals surface area contributed by atoms with E-state index >= 15 is 0 Å². The Labute approximate surface area is 198 Å². The maximum Gasteiger partial charge on any atom is 0.451 e. The number of urea groups is 1. The Morgan fingerprint density at radius 2 is 1.64 bits per heavy atom. The molecule has 0 fully saturated rings. The number of hydrogen-bond acceptors (Lipinski definition) is 4. The summed E-state index contributed by atoms with van der Waals surface area (Å²) in [4.78, 5) is 30.7. The standard InChI is InChI=1S/C24H18ClFN4O2S/c1-15-2-4-17(5-3-15)22(31)29-30(23(27)32,20-12-8-18(25)9-13-20)24-28-21(14-33-24)16-6-10-19(26)11-7-16/h2-14H,1H3,(H2-,27,29,31,32)/p+1. The van der Waals surface area contributed by atoms with E-state index in [1.165, 1.54) is 12.1 Å². The average Bonchev–Trinajstić information content (AvgIpc) is 3.29. The molecule has 166 valence electrons. The normalized spacial score (nSPS) is 12.7. The number of aryl methyl sites for hydroxylation is 1. The van der Waals surface area contributed by atoms with Gasteiger partial charge in [-0.05, 0) is 60.0 Å². The zero-order chi connectivity index (χ0) is 23.6. The van der Waals surface area contributed by atoms with E-state index in [4.69, 9.17) is 17.3 Å². The lowest BCUT2D eigenvalue weighted by molar-refractivity contribution is 0.0881. The van der Waals surface area contributed by atoms with Crippen molar-refractivity contribution in [3.05, 3.63) is 100 Å². The first-order valence-electron chi connectivity index (χ1n) is 9.86. The number of nitrogens with two attached hydrogens (primary N) is 1. The van der Waals surface area contributed by atoms with Crippen LogP contribution in [0.5, 0.6) is 0 Å². The summed E-state index contributed by atoms with van der Waals surface area (Å²) in [6.45, 7) is 1.91. The molecule has 3 N–H and O–H groups in total. The van der Waals surface area contributed by atoms with E-state index in [0.717, 1.165) is 16.9 Å². The molecule has 1 heterocycles. The summed E-state index contributed by atoms with van der Waals surface area (Å²) < 4.78 is 12.5. The van der Waals surface area contributed by atoms with Crippen LogP contribution in [0.4, 0.5) is 20.0 Å². The third-order valence-corrected chi connectivity index (χ3v) is 6.22. The molecule has 4 rings (SSSR count). The number of nitrogens with zero attached hydrogens (tertiary/aromatic N) is 2. The number of nitrogens with one attached hydrogen (secondary N) is 1.